The number of benzene rings is 1. The second-order valence-electron chi connectivity index (χ2n) is 6.11. The van der Waals surface area contributed by atoms with Crippen molar-refractivity contribution in [2.75, 3.05) is 45.6 Å². The molecule has 0 unspecified atom stereocenters. The van der Waals surface area contributed by atoms with Gasteiger partial charge in [-0.1, -0.05) is 23.8 Å². The van der Waals surface area contributed by atoms with Crippen LogP contribution in [0, 0.1) is 13.8 Å². The molecule has 2 N–H and O–H groups in total. The van der Waals surface area contributed by atoms with Crippen LogP contribution in [0.4, 0.5) is 0 Å². The molecule has 0 radical (unpaired) electrons. The summed E-state index contributed by atoms with van der Waals surface area (Å²) in [5, 5.41) is 6.29. The number of morpholine rings is 1. The summed E-state index contributed by atoms with van der Waals surface area (Å²) in [5.74, 6) is 0.634. The highest BCUT2D eigenvalue weighted by molar-refractivity contribution is 14.0. The standard InChI is InChI=1S/C17H28N4O3S.HI/c1-14-4-5-16(15(2)12-14)13-20-17(18-3)19-6-11-25(22,23)21-7-9-24-10-8-21;/h4-5,12H,6-11,13H2,1-3H3,(H2,18,19,20);1H. The molecule has 26 heavy (non-hydrogen) atoms. The maximum Gasteiger partial charge on any atom is 0.215 e. The number of nitrogens with zero attached hydrogens (tertiary/aromatic N) is 2. The molecule has 1 heterocycles. The Hall–Kier alpha value is -0.910. The summed E-state index contributed by atoms with van der Waals surface area (Å²) in [6.45, 7) is 6.89. The number of ether oxygens (including phenoxy) is 1. The molecule has 0 spiro atoms. The number of guanidine groups is 1. The number of nitrogens with one attached hydrogen (secondary N) is 2. The Labute approximate surface area is 173 Å². The summed E-state index contributed by atoms with van der Waals surface area (Å²) in [4.78, 5) is 4.15. The van der Waals surface area contributed by atoms with Gasteiger partial charge in [-0.15, -0.1) is 24.0 Å². The molecule has 1 fully saturated rings. The fourth-order valence-corrected chi connectivity index (χ4v) is 4.02. The second-order valence-corrected chi connectivity index (χ2v) is 8.20. The van der Waals surface area contributed by atoms with E-state index < -0.39 is 10.0 Å². The fourth-order valence-electron chi connectivity index (χ4n) is 2.70. The van der Waals surface area contributed by atoms with Crippen LogP contribution in [0.15, 0.2) is 23.2 Å². The van der Waals surface area contributed by atoms with Gasteiger partial charge in [0.05, 0.1) is 19.0 Å². The molecule has 7 nitrogen and oxygen atoms in total. The van der Waals surface area contributed by atoms with E-state index in [9.17, 15) is 8.42 Å². The summed E-state index contributed by atoms with van der Waals surface area (Å²) in [5.41, 5.74) is 3.64. The zero-order valence-corrected chi connectivity index (χ0v) is 18.8. The summed E-state index contributed by atoms with van der Waals surface area (Å²) < 4.78 is 31.2. The molecular weight excluding hydrogens is 467 g/mol. The first kappa shape index (κ1) is 23.1. The normalized spacial score (nSPS) is 16.0. The van der Waals surface area contributed by atoms with Gasteiger partial charge < -0.3 is 15.4 Å². The van der Waals surface area contributed by atoms with Gasteiger partial charge in [0.2, 0.25) is 10.0 Å². The van der Waals surface area contributed by atoms with Gasteiger partial charge >= 0.3 is 0 Å². The zero-order chi connectivity index (χ0) is 18.3. The molecule has 2 rings (SSSR count). The average molecular weight is 496 g/mol. The average Bonchev–Trinajstić information content (AvgIpc) is 2.60. The van der Waals surface area contributed by atoms with Crippen LogP contribution < -0.4 is 10.6 Å². The van der Waals surface area contributed by atoms with E-state index >= 15 is 0 Å². The van der Waals surface area contributed by atoms with Crippen LogP contribution in [0.25, 0.3) is 0 Å². The lowest BCUT2D eigenvalue weighted by atomic mass is 10.1. The number of aryl methyl sites for hydroxylation is 2. The number of sulfonamides is 1. The van der Waals surface area contributed by atoms with Crippen molar-refractivity contribution in [2.45, 2.75) is 20.4 Å². The molecular formula is C17H29IN4O3S. The van der Waals surface area contributed by atoms with E-state index in [1.54, 1.807) is 7.05 Å². The van der Waals surface area contributed by atoms with E-state index in [4.69, 9.17) is 4.74 Å². The number of halogens is 1. The molecule has 1 aliphatic rings. The highest BCUT2D eigenvalue weighted by Gasteiger charge is 2.23. The van der Waals surface area contributed by atoms with E-state index in [0.717, 1.165) is 0 Å². The SMILES string of the molecule is CN=C(NCCS(=O)(=O)N1CCOCC1)NCc1ccc(C)cc1C.I. The molecule has 0 amide bonds. The maximum atomic E-state index is 12.3. The largest absolute Gasteiger partial charge is 0.379 e. The number of hydrogen-bond acceptors (Lipinski definition) is 4. The highest BCUT2D eigenvalue weighted by atomic mass is 127. The number of hydrogen-bond donors (Lipinski definition) is 2. The third-order valence-electron chi connectivity index (χ3n) is 4.18. The lowest BCUT2D eigenvalue weighted by Gasteiger charge is -2.26. The van der Waals surface area contributed by atoms with E-state index in [1.807, 2.05) is 0 Å². The van der Waals surface area contributed by atoms with Gasteiger partial charge in [0, 0.05) is 33.2 Å². The van der Waals surface area contributed by atoms with Crippen molar-refractivity contribution in [3.8, 4) is 0 Å². The molecule has 9 heteroatoms. The number of rotatable bonds is 6. The smallest absolute Gasteiger partial charge is 0.215 e. The summed E-state index contributed by atoms with van der Waals surface area (Å²) in [6, 6.07) is 6.31. The maximum absolute atomic E-state index is 12.3. The second kappa shape index (κ2) is 11.1. The molecule has 0 atom stereocenters. The summed E-state index contributed by atoms with van der Waals surface area (Å²) >= 11 is 0. The molecule has 1 saturated heterocycles. The van der Waals surface area contributed by atoms with Gasteiger partial charge in [0.15, 0.2) is 5.96 Å². The van der Waals surface area contributed by atoms with Gasteiger partial charge in [0.25, 0.3) is 0 Å². The third-order valence-corrected chi connectivity index (χ3v) is 6.06. The van der Waals surface area contributed by atoms with Gasteiger partial charge in [-0.2, -0.15) is 4.31 Å². The highest BCUT2D eigenvalue weighted by Crippen LogP contribution is 2.10. The molecule has 148 valence electrons. The monoisotopic (exact) mass is 496 g/mol. The van der Waals surface area contributed by atoms with Gasteiger partial charge in [-0.25, -0.2) is 8.42 Å². The molecule has 1 aromatic rings. The molecule has 0 aromatic heterocycles. The Morgan fingerprint density at radius 3 is 2.54 bits per heavy atom. The van der Waals surface area contributed by atoms with Gasteiger partial charge in [-0.3, -0.25) is 4.99 Å². The Morgan fingerprint density at radius 2 is 1.92 bits per heavy atom. The minimum absolute atomic E-state index is 0. The van der Waals surface area contributed by atoms with Crippen LogP contribution in [0.3, 0.4) is 0 Å². The van der Waals surface area contributed by atoms with Gasteiger partial charge in [-0.05, 0) is 25.0 Å². The van der Waals surface area contributed by atoms with Gasteiger partial charge in [0.1, 0.15) is 0 Å². The molecule has 0 aliphatic carbocycles. The van der Waals surface area contributed by atoms with E-state index in [0.29, 0.717) is 45.4 Å². The van der Waals surface area contributed by atoms with Crippen molar-refractivity contribution in [1.29, 1.82) is 0 Å². The predicted molar refractivity (Wildman–Crippen MR) is 116 cm³/mol. The van der Waals surface area contributed by atoms with Crippen molar-refractivity contribution >= 4 is 40.0 Å². The van der Waals surface area contributed by atoms with Crippen LogP contribution in [0.1, 0.15) is 16.7 Å². The molecule has 0 bridgehead atoms. The van der Waals surface area contributed by atoms with E-state index in [1.165, 1.54) is 21.0 Å². The topological polar surface area (TPSA) is 83.0 Å². The number of aliphatic imine (C=N–C) groups is 1. The first-order valence-corrected chi connectivity index (χ1v) is 10.1. The minimum atomic E-state index is -3.26. The summed E-state index contributed by atoms with van der Waals surface area (Å²) in [6.07, 6.45) is 0. The quantitative estimate of drug-likeness (QED) is 0.352. The Kier molecular flexibility index (Phi) is 9.83. The third kappa shape index (κ3) is 7.01. The van der Waals surface area contributed by atoms with Crippen LogP contribution in [-0.4, -0.2) is 64.3 Å². The van der Waals surface area contributed by atoms with Crippen molar-refractivity contribution < 1.29 is 13.2 Å². The summed E-state index contributed by atoms with van der Waals surface area (Å²) in [7, 11) is -1.58. The van der Waals surface area contributed by atoms with Crippen molar-refractivity contribution in [3.05, 3.63) is 34.9 Å². The lowest BCUT2D eigenvalue weighted by molar-refractivity contribution is 0.0730. The van der Waals surface area contributed by atoms with Crippen molar-refractivity contribution in [3.63, 3.8) is 0 Å². The van der Waals surface area contributed by atoms with E-state index in [2.05, 4.69) is 47.7 Å². The van der Waals surface area contributed by atoms with E-state index in [-0.39, 0.29) is 29.7 Å². The zero-order valence-electron chi connectivity index (χ0n) is 15.6. The first-order chi connectivity index (χ1) is 11.9. The van der Waals surface area contributed by atoms with Crippen LogP contribution in [0.5, 0.6) is 0 Å². The molecule has 0 saturated carbocycles. The van der Waals surface area contributed by atoms with Crippen molar-refractivity contribution in [1.82, 2.24) is 14.9 Å². The first-order valence-electron chi connectivity index (χ1n) is 8.48. The van der Waals surface area contributed by atoms with Crippen LogP contribution in [0.2, 0.25) is 0 Å². The Bertz CT molecular complexity index is 704. The van der Waals surface area contributed by atoms with Crippen LogP contribution >= 0.6 is 24.0 Å². The fraction of sp³-hybridized carbons (Fsp3) is 0.588. The van der Waals surface area contributed by atoms with Crippen molar-refractivity contribution in [2.24, 2.45) is 4.99 Å². The lowest BCUT2D eigenvalue weighted by Crippen LogP contribution is -2.45. The molecule has 1 aromatic carbocycles. The Morgan fingerprint density at radius 1 is 1.23 bits per heavy atom. The Balaban J connectivity index is 0.00000338. The minimum Gasteiger partial charge on any atom is -0.379 e. The van der Waals surface area contributed by atoms with Crippen LogP contribution in [-0.2, 0) is 21.3 Å². The predicted octanol–water partition coefficient (Wildman–Crippen LogP) is 1.25. The molecule has 1 aliphatic heterocycles.